The van der Waals surface area contributed by atoms with Gasteiger partial charge in [0.2, 0.25) is 17.7 Å². The van der Waals surface area contributed by atoms with Crippen LogP contribution >= 0.6 is 0 Å². The minimum Gasteiger partial charge on any atom is -0.375 e. The van der Waals surface area contributed by atoms with Gasteiger partial charge in [0.05, 0.1) is 0 Å². The van der Waals surface area contributed by atoms with Crippen LogP contribution in [0.15, 0.2) is 111 Å². The fourth-order valence-electron chi connectivity index (χ4n) is 8.10. The number of likely N-dealkylation sites (N-methyl/N-ethyl adjacent to an activating group) is 1. The summed E-state index contributed by atoms with van der Waals surface area (Å²) in [6.45, 7) is 4.29. The first kappa shape index (κ1) is 43.0. The van der Waals surface area contributed by atoms with E-state index in [1.165, 1.54) is 106 Å². The molecule has 3 aliphatic rings. The predicted molar refractivity (Wildman–Crippen MR) is 220 cm³/mol. The number of ketones is 1. The van der Waals surface area contributed by atoms with Gasteiger partial charge in [-0.15, -0.1) is 0 Å². The molecule has 3 unspecified atom stereocenters. The fourth-order valence-corrected chi connectivity index (χ4v) is 10.9. The molecular weight excluding hydrogens is 853 g/mol. The number of carbonyl (C=O) groups is 4. The number of hydrogen-bond acceptors (Lipinski definition) is 14. The van der Waals surface area contributed by atoms with Crippen LogP contribution in [0.2, 0.25) is 0 Å². The third-order valence-corrected chi connectivity index (χ3v) is 14.5. The maximum atomic E-state index is 14.2. The first-order valence-electron chi connectivity index (χ1n) is 18.8. The van der Waals surface area contributed by atoms with Gasteiger partial charge in [0.1, 0.15) is 14.7 Å². The normalized spacial score (nSPS) is 19.9. The zero-order valence-corrected chi connectivity index (χ0v) is 35.6. The van der Waals surface area contributed by atoms with Gasteiger partial charge in [0.15, 0.2) is 23.0 Å². The summed E-state index contributed by atoms with van der Waals surface area (Å²) in [5.41, 5.74) is 0.442. The van der Waals surface area contributed by atoms with E-state index >= 15 is 0 Å². The SMILES string of the molecule is CC(=O)Nc1ccc(S(=O)(=O)OC2=CC3C4Cc5ccc(OS(=O)(=O)c6ccc(NC(C)=O)cc6)c(OS(=O)(=O)c6ccc(NC(C)=O)cc6)c5C3(CCN4C)CC2=O)cc1. The van der Waals surface area contributed by atoms with Gasteiger partial charge < -0.3 is 33.4 Å². The number of Topliss-reactive ketones (excluding diaryl/α,β-unsaturated/α-hetero) is 1. The van der Waals surface area contributed by atoms with Gasteiger partial charge in [-0.1, -0.05) is 6.07 Å². The molecule has 4 aromatic carbocycles. The summed E-state index contributed by atoms with van der Waals surface area (Å²) in [5.74, 6) is -3.95. The molecule has 3 atom stereocenters. The molecule has 2 aliphatic carbocycles. The lowest BCUT2D eigenvalue weighted by atomic mass is 9.53. The number of nitrogens with zero attached hydrogens (tertiary/aromatic N) is 1. The maximum absolute atomic E-state index is 14.2. The molecule has 1 fully saturated rings. The molecule has 3 N–H and O–H groups in total. The van der Waals surface area contributed by atoms with E-state index in [9.17, 15) is 44.4 Å². The molecule has 0 radical (unpaired) electrons. The van der Waals surface area contributed by atoms with Crippen molar-refractivity contribution < 1.29 is 57.0 Å². The van der Waals surface area contributed by atoms with E-state index in [2.05, 4.69) is 16.0 Å². The van der Waals surface area contributed by atoms with Crippen LogP contribution in [0.4, 0.5) is 17.1 Å². The molecule has 0 saturated carbocycles. The lowest BCUT2D eigenvalue weighted by Crippen LogP contribution is -2.60. The van der Waals surface area contributed by atoms with Crippen molar-refractivity contribution in [2.75, 3.05) is 29.5 Å². The van der Waals surface area contributed by atoms with Crippen LogP contribution in [-0.2, 0) is 65.6 Å². The average Bonchev–Trinajstić information content (AvgIpc) is 3.17. The van der Waals surface area contributed by atoms with Crippen molar-refractivity contribution in [3.05, 3.63) is 108 Å². The zero-order valence-electron chi connectivity index (χ0n) is 33.1. The molecule has 1 saturated heterocycles. The third-order valence-electron chi connectivity index (χ3n) is 10.7. The van der Waals surface area contributed by atoms with Crippen LogP contribution in [0, 0.1) is 5.92 Å². The smallest absolute Gasteiger partial charge is 0.339 e. The van der Waals surface area contributed by atoms with E-state index in [-0.39, 0.29) is 63.3 Å². The Morgan fingerprint density at radius 1 is 0.639 bits per heavy atom. The molecular formula is C41H40N4O13S3. The quantitative estimate of drug-likeness (QED) is 0.167. The summed E-state index contributed by atoms with van der Waals surface area (Å²) in [6, 6.07) is 17.9. The fraction of sp³-hybridized carbons (Fsp3) is 0.268. The van der Waals surface area contributed by atoms with E-state index in [0.717, 1.165) is 0 Å². The standard InChI is InChI=1S/C41H40N4O13S3/c1-24(46)42-28-6-12-31(13-7-28)59(50,51)56-37-18-5-27-21-35-34-22-38(57-60(52,53)32-14-8-29(9-15-32)43-25(2)47)36(49)23-41(34,19-20-45(35)4)39(27)40(37)58-61(54,55)33-16-10-30(11-17-33)44-26(3)48/h5-18,22,34-35H,19-21,23H2,1-4H3,(H,42,46)(H,43,47)(H,44,48). The second-order valence-corrected chi connectivity index (χ2v) is 19.6. The molecule has 61 heavy (non-hydrogen) atoms. The summed E-state index contributed by atoms with van der Waals surface area (Å²) in [4.78, 5) is 49.9. The van der Waals surface area contributed by atoms with Crippen molar-refractivity contribution in [3.8, 4) is 11.5 Å². The molecule has 320 valence electrons. The molecule has 1 heterocycles. The van der Waals surface area contributed by atoms with Crippen LogP contribution in [0.25, 0.3) is 0 Å². The van der Waals surface area contributed by atoms with Crippen molar-refractivity contribution in [1.82, 2.24) is 4.90 Å². The Labute approximate surface area is 352 Å². The first-order chi connectivity index (χ1) is 28.7. The number of amides is 3. The highest BCUT2D eigenvalue weighted by Crippen LogP contribution is 2.58. The summed E-state index contributed by atoms with van der Waals surface area (Å²) >= 11 is 0. The molecule has 0 aromatic heterocycles. The van der Waals surface area contributed by atoms with Gasteiger partial charge in [-0.2, -0.15) is 25.3 Å². The van der Waals surface area contributed by atoms with E-state index < -0.39 is 64.7 Å². The van der Waals surface area contributed by atoms with E-state index in [0.29, 0.717) is 29.2 Å². The van der Waals surface area contributed by atoms with Gasteiger partial charge in [-0.05, 0) is 117 Å². The highest BCUT2D eigenvalue weighted by atomic mass is 32.2. The van der Waals surface area contributed by atoms with E-state index in [1.54, 1.807) is 6.07 Å². The van der Waals surface area contributed by atoms with Crippen LogP contribution in [0.5, 0.6) is 11.5 Å². The number of carbonyl (C=O) groups excluding carboxylic acids is 4. The van der Waals surface area contributed by atoms with Gasteiger partial charge in [0, 0.05) is 67.2 Å². The molecule has 17 nitrogen and oxygen atoms in total. The van der Waals surface area contributed by atoms with Crippen LogP contribution in [0.1, 0.15) is 44.7 Å². The second-order valence-electron chi connectivity index (χ2n) is 15.0. The van der Waals surface area contributed by atoms with Crippen molar-refractivity contribution in [3.63, 3.8) is 0 Å². The summed E-state index contributed by atoms with van der Waals surface area (Å²) in [6.07, 6.45) is 1.53. The van der Waals surface area contributed by atoms with Gasteiger partial charge in [-0.25, -0.2) is 0 Å². The van der Waals surface area contributed by atoms with Crippen molar-refractivity contribution in [1.29, 1.82) is 0 Å². The number of piperidine rings is 1. The number of rotatable bonds is 12. The Kier molecular flexibility index (Phi) is 11.3. The number of anilines is 3. The Hall–Kier alpha value is -6.09. The number of fused-ring (bicyclic) bond motifs is 1. The highest BCUT2D eigenvalue weighted by molar-refractivity contribution is 7.87. The van der Waals surface area contributed by atoms with Crippen LogP contribution < -0.4 is 24.3 Å². The molecule has 20 heteroatoms. The maximum Gasteiger partial charge on any atom is 0.339 e. The number of likely N-dealkylation sites (tertiary alicyclic amines) is 1. The Morgan fingerprint density at radius 2 is 1.08 bits per heavy atom. The van der Waals surface area contributed by atoms with Crippen LogP contribution in [-0.4, -0.2) is 73.3 Å². The monoisotopic (exact) mass is 892 g/mol. The zero-order chi connectivity index (χ0) is 44.1. The first-order valence-corrected chi connectivity index (χ1v) is 23.0. The number of allylic oxidation sites excluding steroid dienone is 1. The van der Waals surface area contributed by atoms with Crippen molar-refractivity contribution in [2.24, 2.45) is 5.92 Å². The highest BCUT2D eigenvalue weighted by Gasteiger charge is 2.57. The lowest BCUT2D eigenvalue weighted by molar-refractivity contribution is -0.122. The number of benzene rings is 4. The molecule has 3 amide bonds. The Balaban J connectivity index is 1.33. The Bertz CT molecular complexity index is 2830. The lowest BCUT2D eigenvalue weighted by Gasteiger charge is -2.56. The minimum absolute atomic E-state index is 0.203. The van der Waals surface area contributed by atoms with E-state index in [4.69, 9.17) is 12.5 Å². The van der Waals surface area contributed by atoms with Crippen molar-refractivity contribution >= 4 is 70.9 Å². The van der Waals surface area contributed by atoms with Gasteiger partial charge in [-0.3, -0.25) is 19.2 Å². The van der Waals surface area contributed by atoms with E-state index in [1.807, 2.05) is 11.9 Å². The largest absolute Gasteiger partial charge is 0.375 e. The topological polar surface area (TPSA) is 238 Å². The predicted octanol–water partition coefficient (Wildman–Crippen LogP) is 4.47. The van der Waals surface area contributed by atoms with Gasteiger partial charge >= 0.3 is 30.4 Å². The summed E-state index contributed by atoms with van der Waals surface area (Å²) in [7, 11) is -12.2. The second kappa shape index (κ2) is 16.1. The van der Waals surface area contributed by atoms with Gasteiger partial charge in [0.25, 0.3) is 0 Å². The molecule has 7 rings (SSSR count). The minimum atomic E-state index is -4.79. The molecule has 0 spiro atoms. The average molecular weight is 893 g/mol. The van der Waals surface area contributed by atoms with Crippen LogP contribution in [0.3, 0.4) is 0 Å². The molecule has 4 aromatic rings. The Morgan fingerprint density at radius 3 is 1.54 bits per heavy atom. The number of hydrogen-bond donors (Lipinski definition) is 3. The number of nitrogens with one attached hydrogen (secondary N) is 3. The molecule has 1 aliphatic heterocycles. The summed E-state index contributed by atoms with van der Waals surface area (Å²) < 4.78 is 100. The third kappa shape index (κ3) is 8.74. The van der Waals surface area contributed by atoms with Crippen molar-refractivity contribution in [2.45, 2.75) is 66.2 Å². The summed E-state index contributed by atoms with van der Waals surface area (Å²) in [5, 5.41) is 7.64. The molecule has 2 bridgehead atoms.